The van der Waals surface area contributed by atoms with Crippen LogP contribution in [0.1, 0.15) is 24.4 Å². The molecule has 52 valence electrons. The van der Waals surface area contributed by atoms with Crippen LogP contribution in [0.5, 0.6) is 0 Å². The molecular weight excluding hydrogens is 126 g/mol. The van der Waals surface area contributed by atoms with Gasteiger partial charge in [0.05, 0.1) is 17.7 Å². The zero-order valence-electron chi connectivity index (χ0n) is 6.05. The Bertz CT molecular complexity index is 256. The van der Waals surface area contributed by atoms with Crippen molar-refractivity contribution in [3.8, 4) is 6.07 Å². The second kappa shape index (κ2) is 2.53. The Morgan fingerprint density at radius 3 is 2.90 bits per heavy atom. The average Bonchev–Trinajstić information content (AvgIpc) is 2.34. The summed E-state index contributed by atoms with van der Waals surface area (Å²) in [4.78, 5) is 7.02. The Balaban J connectivity index is 2.87. The van der Waals surface area contributed by atoms with Gasteiger partial charge in [-0.25, -0.2) is 4.98 Å². The lowest BCUT2D eigenvalue weighted by atomic mass is 10.1. The molecule has 1 aromatic heterocycles. The number of hydrogen-bond donors (Lipinski definition) is 1. The SMILES string of the molecule is Cc1nc(C(C)C#N)c[nH]1. The number of nitrogens with zero attached hydrogens (tertiary/aromatic N) is 2. The van der Waals surface area contributed by atoms with Gasteiger partial charge in [-0.05, 0) is 13.8 Å². The van der Waals surface area contributed by atoms with Gasteiger partial charge in [0.1, 0.15) is 5.82 Å². The van der Waals surface area contributed by atoms with E-state index in [0.29, 0.717) is 0 Å². The van der Waals surface area contributed by atoms with Gasteiger partial charge in [0.15, 0.2) is 0 Å². The van der Waals surface area contributed by atoms with Crippen LogP contribution in [0.2, 0.25) is 0 Å². The summed E-state index contributed by atoms with van der Waals surface area (Å²) in [6, 6.07) is 2.11. The van der Waals surface area contributed by atoms with Crippen LogP contribution in [0.15, 0.2) is 6.20 Å². The molecule has 0 aliphatic carbocycles. The van der Waals surface area contributed by atoms with E-state index in [9.17, 15) is 0 Å². The standard InChI is InChI=1S/C7H9N3/c1-5(3-8)7-4-9-6(2)10-7/h4-5H,1-2H3,(H,9,10). The summed E-state index contributed by atoms with van der Waals surface area (Å²) in [5.74, 6) is 0.752. The van der Waals surface area contributed by atoms with Crippen molar-refractivity contribution in [1.82, 2.24) is 9.97 Å². The van der Waals surface area contributed by atoms with E-state index < -0.39 is 0 Å². The molecule has 1 unspecified atom stereocenters. The molecule has 0 spiro atoms. The summed E-state index contributed by atoms with van der Waals surface area (Å²) in [5, 5.41) is 8.49. The lowest BCUT2D eigenvalue weighted by Gasteiger charge is -1.91. The molecule has 0 aliphatic rings. The number of nitriles is 1. The normalized spacial score (nSPS) is 12.5. The number of H-pyrrole nitrogens is 1. The molecule has 0 fully saturated rings. The fraction of sp³-hybridized carbons (Fsp3) is 0.429. The highest BCUT2D eigenvalue weighted by molar-refractivity contribution is 5.12. The van der Waals surface area contributed by atoms with Crippen LogP contribution < -0.4 is 0 Å². The third-order valence-electron chi connectivity index (χ3n) is 1.36. The van der Waals surface area contributed by atoms with Crippen LogP contribution in [0, 0.1) is 18.3 Å². The summed E-state index contributed by atoms with van der Waals surface area (Å²) in [7, 11) is 0. The maximum Gasteiger partial charge on any atom is 0.103 e. The molecule has 0 radical (unpaired) electrons. The maximum absolute atomic E-state index is 8.49. The third kappa shape index (κ3) is 1.16. The van der Waals surface area contributed by atoms with Gasteiger partial charge in [-0.1, -0.05) is 0 Å². The Labute approximate surface area is 59.7 Å². The summed E-state index contributed by atoms with van der Waals surface area (Å²) >= 11 is 0. The summed E-state index contributed by atoms with van der Waals surface area (Å²) in [6.45, 7) is 3.70. The first kappa shape index (κ1) is 6.81. The van der Waals surface area contributed by atoms with E-state index in [2.05, 4.69) is 16.0 Å². The van der Waals surface area contributed by atoms with Gasteiger partial charge in [0, 0.05) is 6.20 Å². The lowest BCUT2D eigenvalue weighted by molar-refractivity contribution is 0.927. The van der Waals surface area contributed by atoms with Crippen LogP contribution in [0.25, 0.3) is 0 Å². The van der Waals surface area contributed by atoms with Gasteiger partial charge < -0.3 is 4.98 Å². The number of aryl methyl sites for hydroxylation is 1. The largest absolute Gasteiger partial charge is 0.349 e. The number of rotatable bonds is 1. The van der Waals surface area contributed by atoms with Crippen LogP contribution in [-0.2, 0) is 0 Å². The van der Waals surface area contributed by atoms with Gasteiger partial charge in [-0.15, -0.1) is 0 Å². The molecule has 10 heavy (non-hydrogen) atoms. The Morgan fingerprint density at radius 1 is 1.80 bits per heavy atom. The molecule has 1 heterocycles. The quantitative estimate of drug-likeness (QED) is 0.631. The number of hydrogen-bond acceptors (Lipinski definition) is 2. The fourth-order valence-corrected chi connectivity index (χ4v) is 0.725. The highest BCUT2D eigenvalue weighted by Gasteiger charge is 2.05. The van der Waals surface area contributed by atoms with E-state index in [1.54, 1.807) is 6.20 Å². The molecule has 0 aromatic carbocycles. The molecule has 3 nitrogen and oxygen atoms in total. The van der Waals surface area contributed by atoms with Gasteiger partial charge in [0.2, 0.25) is 0 Å². The molecule has 1 rings (SSSR count). The highest BCUT2D eigenvalue weighted by Crippen LogP contribution is 2.09. The maximum atomic E-state index is 8.49. The second-order valence-electron chi connectivity index (χ2n) is 2.26. The van der Waals surface area contributed by atoms with Gasteiger partial charge in [0.25, 0.3) is 0 Å². The summed E-state index contributed by atoms with van der Waals surface area (Å²) in [5.41, 5.74) is 0.819. The van der Waals surface area contributed by atoms with Crippen molar-refractivity contribution in [1.29, 1.82) is 5.26 Å². The van der Waals surface area contributed by atoms with Crippen molar-refractivity contribution >= 4 is 0 Å². The van der Waals surface area contributed by atoms with Crippen LogP contribution in [0.3, 0.4) is 0 Å². The zero-order valence-corrected chi connectivity index (χ0v) is 6.05. The summed E-state index contributed by atoms with van der Waals surface area (Å²) < 4.78 is 0. The van der Waals surface area contributed by atoms with Gasteiger partial charge in [-0.3, -0.25) is 0 Å². The van der Waals surface area contributed by atoms with Crippen LogP contribution in [0.4, 0.5) is 0 Å². The molecular formula is C7H9N3. The van der Waals surface area contributed by atoms with Crippen molar-refractivity contribution in [2.45, 2.75) is 19.8 Å². The lowest BCUT2D eigenvalue weighted by Crippen LogP contribution is -1.88. The van der Waals surface area contributed by atoms with Gasteiger partial charge >= 0.3 is 0 Å². The van der Waals surface area contributed by atoms with E-state index in [4.69, 9.17) is 5.26 Å². The van der Waals surface area contributed by atoms with E-state index in [0.717, 1.165) is 11.5 Å². The second-order valence-corrected chi connectivity index (χ2v) is 2.26. The topological polar surface area (TPSA) is 52.5 Å². The van der Waals surface area contributed by atoms with Gasteiger partial charge in [-0.2, -0.15) is 5.26 Å². The molecule has 0 saturated heterocycles. The molecule has 0 bridgehead atoms. The van der Waals surface area contributed by atoms with Crippen molar-refractivity contribution in [2.24, 2.45) is 0 Å². The monoisotopic (exact) mass is 135 g/mol. The molecule has 0 amide bonds. The van der Waals surface area contributed by atoms with Crippen molar-refractivity contribution in [3.63, 3.8) is 0 Å². The summed E-state index contributed by atoms with van der Waals surface area (Å²) in [6.07, 6.45) is 1.77. The van der Waals surface area contributed by atoms with Crippen molar-refractivity contribution < 1.29 is 0 Å². The first-order valence-corrected chi connectivity index (χ1v) is 3.15. The predicted octanol–water partition coefficient (Wildman–Crippen LogP) is 1.35. The van der Waals surface area contributed by atoms with E-state index in [-0.39, 0.29) is 5.92 Å². The van der Waals surface area contributed by atoms with Crippen LogP contribution in [-0.4, -0.2) is 9.97 Å². The zero-order chi connectivity index (χ0) is 7.56. The van der Waals surface area contributed by atoms with Crippen molar-refractivity contribution in [3.05, 3.63) is 17.7 Å². The Kier molecular flexibility index (Phi) is 1.72. The Hall–Kier alpha value is -1.30. The number of aromatic amines is 1. The first-order chi connectivity index (χ1) is 4.74. The van der Waals surface area contributed by atoms with E-state index in [1.807, 2.05) is 13.8 Å². The highest BCUT2D eigenvalue weighted by atomic mass is 14.9. The minimum Gasteiger partial charge on any atom is -0.349 e. The number of aromatic nitrogens is 2. The molecule has 0 saturated carbocycles. The number of imidazole rings is 1. The third-order valence-corrected chi connectivity index (χ3v) is 1.36. The first-order valence-electron chi connectivity index (χ1n) is 3.15. The molecule has 0 aliphatic heterocycles. The molecule has 1 aromatic rings. The Morgan fingerprint density at radius 2 is 2.50 bits per heavy atom. The number of nitrogens with one attached hydrogen (secondary N) is 1. The smallest absolute Gasteiger partial charge is 0.103 e. The minimum atomic E-state index is -0.107. The van der Waals surface area contributed by atoms with E-state index in [1.165, 1.54) is 0 Å². The van der Waals surface area contributed by atoms with Crippen LogP contribution >= 0.6 is 0 Å². The van der Waals surface area contributed by atoms with Crippen molar-refractivity contribution in [2.75, 3.05) is 0 Å². The molecule has 3 heteroatoms. The predicted molar refractivity (Wildman–Crippen MR) is 37.4 cm³/mol. The fourth-order valence-electron chi connectivity index (χ4n) is 0.725. The average molecular weight is 135 g/mol. The molecule has 1 atom stereocenters. The minimum absolute atomic E-state index is 0.107. The molecule has 1 N–H and O–H groups in total. The van der Waals surface area contributed by atoms with E-state index >= 15 is 0 Å².